The number of ketones is 1. The molecule has 168 valence electrons. The number of methoxy groups -OCH3 is 1. The van der Waals surface area contributed by atoms with Gasteiger partial charge in [-0.15, -0.1) is 0 Å². The van der Waals surface area contributed by atoms with Gasteiger partial charge in [0, 0.05) is 5.56 Å². The number of hydrogen-bond donors (Lipinski definition) is 0. The first-order valence-corrected chi connectivity index (χ1v) is 10.6. The van der Waals surface area contributed by atoms with Crippen molar-refractivity contribution in [2.45, 2.75) is 0 Å². The molecule has 4 aromatic carbocycles. The second kappa shape index (κ2) is 10.4. The largest absolute Gasteiger partial charge is 0.493 e. The van der Waals surface area contributed by atoms with Crippen molar-refractivity contribution in [2.75, 3.05) is 7.11 Å². The minimum Gasteiger partial charge on any atom is -0.493 e. The molecule has 0 saturated heterocycles. The van der Waals surface area contributed by atoms with Crippen molar-refractivity contribution in [2.24, 2.45) is 0 Å². The van der Waals surface area contributed by atoms with Gasteiger partial charge in [0.1, 0.15) is 5.82 Å². The van der Waals surface area contributed by atoms with Gasteiger partial charge < -0.3 is 9.47 Å². The Morgan fingerprint density at radius 1 is 0.765 bits per heavy atom. The van der Waals surface area contributed by atoms with E-state index in [4.69, 9.17) is 9.47 Å². The van der Waals surface area contributed by atoms with Gasteiger partial charge in [-0.3, -0.25) is 4.79 Å². The molecule has 0 aliphatic rings. The first-order valence-electron chi connectivity index (χ1n) is 10.6. The van der Waals surface area contributed by atoms with Gasteiger partial charge >= 0.3 is 5.97 Å². The predicted molar refractivity (Wildman–Crippen MR) is 130 cm³/mol. The summed E-state index contributed by atoms with van der Waals surface area (Å²) in [4.78, 5) is 24.9. The molecule has 0 fully saturated rings. The maximum absolute atomic E-state index is 13.8. The summed E-state index contributed by atoms with van der Waals surface area (Å²) < 4.78 is 24.5. The zero-order valence-corrected chi connectivity index (χ0v) is 18.4. The molecule has 4 aromatic rings. The number of esters is 1. The maximum atomic E-state index is 13.8. The summed E-state index contributed by atoms with van der Waals surface area (Å²) in [6.45, 7) is 0. The lowest BCUT2D eigenvalue weighted by Crippen LogP contribution is -2.11. The van der Waals surface area contributed by atoms with Crippen LogP contribution in [0.3, 0.4) is 0 Å². The number of hydrogen-bond acceptors (Lipinski definition) is 4. The summed E-state index contributed by atoms with van der Waals surface area (Å²) >= 11 is 0. The number of carbonyl (C=O) groups excluding carboxylic acids is 2. The smallest absolute Gasteiger partial charge is 0.346 e. The minimum atomic E-state index is -0.825. The average molecular weight is 452 g/mol. The van der Waals surface area contributed by atoms with Gasteiger partial charge in [-0.2, -0.15) is 0 Å². The van der Waals surface area contributed by atoms with Crippen molar-refractivity contribution in [3.8, 4) is 22.6 Å². The Labute approximate surface area is 196 Å². The molecule has 4 rings (SSSR count). The van der Waals surface area contributed by atoms with E-state index in [1.165, 1.54) is 37.5 Å². The SMILES string of the molecule is COc1cc(/C=C/C(=O)c2ccc(-c3ccccc3)cc2)ccc1OC(=O)c1ccccc1F. The Morgan fingerprint density at radius 3 is 2.15 bits per heavy atom. The molecule has 5 heteroatoms. The Hall–Kier alpha value is -4.51. The summed E-state index contributed by atoms with van der Waals surface area (Å²) in [6, 6.07) is 27.8. The van der Waals surface area contributed by atoms with E-state index in [0.29, 0.717) is 11.1 Å². The summed E-state index contributed by atoms with van der Waals surface area (Å²) in [5, 5.41) is 0. The van der Waals surface area contributed by atoms with Crippen molar-refractivity contribution >= 4 is 17.8 Å². The average Bonchev–Trinajstić information content (AvgIpc) is 2.88. The summed E-state index contributed by atoms with van der Waals surface area (Å²) in [6.07, 6.45) is 3.12. The Morgan fingerprint density at radius 2 is 1.44 bits per heavy atom. The lowest BCUT2D eigenvalue weighted by atomic mass is 10.0. The van der Waals surface area contributed by atoms with E-state index >= 15 is 0 Å². The molecule has 0 saturated carbocycles. The Bertz CT molecular complexity index is 1340. The Kier molecular flexibility index (Phi) is 6.94. The van der Waals surface area contributed by atoms with Crippen molar-refractivity contribution in [3.63, 3.8) is 0 Å². The number of allylic oxidation sites excluding steroid dienone is 1. The van der Waals surface area contributed by atoms with Crippen LogP contribution in [-0.4, -0.2) is 18.9 Å². The maximum Gasteiger partial charge on any atom is 0.346 e. The quantitative estimate of drug-likeness (QED) is 0.137. The highest BCUT2D eigenvalue weighted by Crippen LogP contribution is 2.29. The normalized spacial score (nSPS) is 10.8. The standard InChI is InChI=1S/C29H21FO4/c1-33-28-19-20(12-18-27(28)34-29(32)24-9-5-6-10-25(24)30)11-17-26(31)23-15-13-22(14-16-23)21-7-3-2-4-8-21/h2-19H,1H3/b17-11+. The van der Waals surface area contributed by atoms with E-state index in [-0.39, 0.29) is 22.8 Å². The van der Waals surface area contributed by atoms with E-state index in [9.17, 15) is 14.0 Å². The molecule has 34 heavy (non-hydrogen) atoms. The van der Waals surface area contributed by atoms with Crippen LogP contribution in [0.25, 0.3) is 17.2 Å². The lowest BCUT2D eigenvalue weighted by molar-refractivity contribution is 0.0724. The van der Waals surface area contributed by atoms with Gasteiger partial charge in [0.25, 0.3) is 0 Å². The van der Waals surface area contributed by atoms with Gasteiger partial charge in [-0.05, 0) is 47.0 Å². The molecule has 0 amide bonds. The number of rotatable bonds is 7. The number of ether oxygens (including phenoxy) is 2. The highest BCUT2D eigenvalue weighted by atomic mass is 19.1. The summed E-state index contributed by atoms with van der Waals surface area (Å²) in [5.41, 5.74) is 3.19. The zero-order chi connectivity index (χ0) is 23.9. The molecule has 0 aliphatic heterocycles. The lowest BCUT2D eigenvalue weighted by Gasteiger charge is -2.10. The summed E-state index contributed by atoms with van der Waals surface area (Å²) in [5.74, 6) is -1.20. The van der Waals surface area contributed by atoms with Gasteiger partial charge in [0.2, 0.25) is 0 Å². The fourth-order valence-corrected chi connectivity index (χ4v) is 3.38. The van der Waals surface area contributed by atoms with Crippen molar-refractivity contribution in [1.82, 2.24) is 0 Å². The molecule has 0 aromatic heterocycles. The van der Waals surface area contributed by atoms with Crippen LogP contribution in [0.4, 0.5) is 4.39 Å². The van der Waals surface area contributed by atoms with Crippen LogP contribution in [0.2, 0.25) is 0 Å². The fourth-order valence-electron chi connectivity index (χ4n) is 3.38. The monoisotopic (exact) mass is 452 g/mol. The summed E-state index contributed by atoms with van der Waals surface area (Å²) in [7, 11) is 1.43. The molecule has 0 bridgehead atoms. The van der Waals surface area contributed by atoms with Gasteiger partial charge in [0.15, 0.2) is 17.3 Å². The molecule has 0 aliphatic carbocycles. The van der Waals surface area contributed by atoms with E-state index in [0.717, 1.165) is 11.1 Å². The van der Waals surface area contributed by atoms with E-state index < -0.39 is 11.8 Å². The molecule has 0 radical (unpaired) electrons. The molecule has 4 nitrogen and oxygen atoms in total. The molecular weight excluding hydrogens is 431 g/mol. The third-order valence-electron chi connectivity index (χ3n) is 5.19. The van der Waals surface area contributed by atoms with Crippen LogP contribution in [0.1, 0.15) is 26.3 Å². The van der Waals surface area contributed by atoms with E-state index in [2.05, 4.69) is 0 Å². The van der Waals surface area contributed by atoms with Crippen LogP contribution < -0.4 is 9.47 Å². The first-order chi connectivity index (χ1) is 16.5. The number of halogens is 1. The first kappa shape index (κ1) is 22.7. The molecule has 0 atom stereocenters. The van der Waals surface area contributed by atoms with Crippen molar-refractivity contribution in [1.29, 1.82) is 0 Å². The third-order valence-corrected chi connectivity index (χ3v) is 5.19. The second-order valence-electron chi connectivity index (χ2n) is 7.42. The Balaban J connectivity index is 1.46. The minimum absolute atomic E-state index is 0.145. The molecular formula is C29H21FO4. The highest BCUT2D eigenvalue weighted by Gasteiger charge is 2.16. The highest BCUT2D eigenvalue weighted by molar-refractivity contribution is 6.07. The number of carbonyl (C=O) groups is 2. The predicted octanol–water partition coefficient (Wildman–Crippen LogP) is 6.62. The van der Waals surface area contributed by atoms with Crippen LogP contribution in [0.15, 0.2) is 103 Å². The molecule has 0 spiro atoms. The van der Waals surface area contributed by atoms with Crippen LogP contribution >= 0.6 is 0 Å². The van der Waals surface area contributed by atoms with Gasteiger partial charge in [0.05, 0.1) is 12.7 Å². The molecule has 0 heterocycles. The van der Waals surface area contributed by atoms with E-state index in [1.54, 1.807) is 36.4 Å². The van der Waals surface area contributed by atoms with Gasteiger partial charge in [-0.1, -0.05) is 78.9 Å². The number of benzene rings is 4. The van der Waals surface area contributed by atoms with Crippen LogP contribution in [0.5, 0.6) is 11.5 Å². The molecule has 0 unspecified atom stereocenters. The zero-order valence-electron chi connectivity index (χ0n) is 18.4. The van der Waals surface area contributed by atoms with E-state index in [1.807, 2.05) is 42.5 Å². The third kappa shape index (κ3) is 5.27. The molecule has 0 N–H and O–H groups in total. The van der Waals surface area contributed by atoms with Gasteiger partial charge in [-0.25, -0.2) is 9.18 Å². The second-order valence-corrected chi connectivity index (χ2v) is 7.42. The van der Waals surface area contributed by atoms with Crippen molar-refractivity contribution < 1.29 is 23.5 Å². The van der Waals surface area contributed by atoms with Crippen LogP contribution in [-0.2, 0) is 0 Å². The van der Waals surface area contributed by atoms with Crippen molar-refractivity contribution in [3.05, 3.63) is 126 Å². The fraction of sp³-hybridized carbons (Fsp3) is 0.0345. The topological polar surface area (TPSA) is 52.6 Å². The van der Waals surface area contributed by atoms with Crippen LogP contribution in [0, 0.1) is 5.82 Å².